The SMILES string of the molecule is NCCCC(=O)NCCC(=O)NC1CCCCC1. The summed E-state index contributed by atoms with van der Waals surface area (Å²) in [5.74, 6) is 0.0203. The highest BCUT2D eigenvalue weighted by Crippen LogP contribution is 2.17. The fraction of sp³-hybridized carbons (Fsp3) is 0.846. The molecule has 1 saturated carbocycles. The molecule has 1 aliphatic carbocycles. The van der Waals surface area contributed by atoms with E-state index in [1.807, 2.05) is 0 Å². The zero-order valence-corrected chi connectivity index (χ0v) is 11.0. The van der Waals surface area contributed by atoms with Crippen LogP contribution in [0.5, 0.6) is 0 Å². The summed E-state index contributed by atoms with van der Waals surface area (Å²) in [5.41, 5.74) is 5.31. The molecule has 1 fully saturated rings. The molecular weight excluding hydrogens is 230 g/mol. The van der Waals surface area contributed by atoms with Crippen LogP contribution in [0.2, 0.25) is 0 Å². The lowest BCUT2D eigenvalue weighted by Gasteiger charge is -2.22. The zero-order valence-electron chi connectivity index (χ0n) is 11.0. The first-order valence-corrected chi connectivity index (χ1v) is 6.98. The molecule has 0 radical (unpaired) electrons. The molecule has 0 spiro atoms. The minimum atomic E-state index is -0.0223. The largest absolute Gasteiger partial charge is 0.356 e. The highest BCUT2D eigenvalue weighted by atomic mass is 16.2. The smallest absolute Gasteiger partial charge is 0.221 e. The van der Waals surface area contributed by atoms with Gasteiger partial charge in [0.05, 0.1) is 0 Å². The minimum absolute atomic E-state index is 0.0223. The van der Waals surface area contributed by atoms with E-state index in [1.165, 1.54) is 19.3 Å². The van der Waals surface area contributed by atoms with Gasteiger partial charge in [-0.2, -0.15) is 0 Å². The number of nitrogens with one attached hydrogen (secondary N) is 2. The first-order valence-electron chi connectivity index (χ1n) is 6.98. The Labute approximate surface area is 109 Å². The van der Waals surface area contributed by atoms with Crippen LogP contribution >= 0.6 is 0 Å². The van der Waals surface area contributed by atoms with Gasteiger partial charge in [-0.05, 0) is 25.8 Å². The third-order valence-electron chi connectivity index (χ3n) is 3.25. The van der Waals surface area contributed by atoms with Crippen LogP contribution in [-0.2, 0) is 9.59 Å². The van der Waals surface area contributed by atoms with E-state index in [4.69, 9.17) is 5.73 Å². The maximum absolute atomic E-state index is 11.6. The van der Waals surface area contributed by atoms with Crippen LogP contribution in [0, 0.1) is 0 Å². The van der Waals surface area contributed by atoms with E-state index < -0.39 is 0 Å². The Kier molecular flexibility index (Phi) is 7.41. The van der Waals surface area contributed by atoms with Crippen molar-refractivity contribution in [1.29, 1.82) is 0 Å². The van der Waals surface area contributed by atoms with Crippen molar-refractivity contribution in [2.45, 2.75) is 57.4 Å². The summed E-state index contributed by atoms with van der Waals surface area (Å²) in [6.45, 7) is 0.942. The molecule has 0 aromatic heterocycles. The van der Waals surface area contributed by atoms with Gasteiger partial charge in [-0.25, -0.2) is 0 Å². The number of hydrogen-bond donors (Lipinski definition) is 3. The summed E-state index contributed by atoms with van der Waals surface area (Å²) in [5, 5.41) is 5.76. The first-order chi connectivity index (χ1) is 8.72. The second kappa shape index (κ2) is 8.91. The number of hydrogen-bond acceptors (Lipinski definition) is 3. The van der Waals surface area contributed by atoms with Gasteiger partial charge in [0.25, 0.3) is 0 Å². The molecule has 1 rings (SSSR count). The van der Waals surface area contributed by atoms with Crippen LogP contribution in [0.25, 0.3) is 0 Å². The van der Waals surface area contributed by atoms with Crippen LogP contribution in [0.3, 0.4) is 0 Å². The van der Waals surface area contributed by atoms with Crippen molar-refractivity contribution in [1.82, 2.24) is 10.6 Å². The second-order valence-electron chi connectivity index (χ2n) is 4.89. The van der Waals surface area contributed by atoms with Gasteiger partial charge < -0.3 is 16.4 Å². The third-order valence-corrected chi connectivity index (χ3v) is 3.25. The molecule has 0 bridgehead atoms. The average Bonchev–Trinajstić information content (AvgIpc) is 2.37. The van der Waals surface area contributed by atoms with Gasteiger partial charge in [0.2, 0.25) is 11.8 Å². The van der Waals surface area contributed by atoms with Gasteiger partial charge >= 0.3 is 0 Å². The van der Waals surface area contributed by atoms with Crippen molar-refractivity contribution in [3.05, 3.63) is 0 Å². The van der Waals surface area contributed by atoms with Crippen LogP contribution in [0.15, 0.2) is 0 Å². The van der Waals surface area contributed by atoms with Crippen molar-refractivity contribution in [3.63, 3.8) is 0 Å². The molecule has 0 aliphatic heterocycles. The van der Waals surface area contributed by atoms with E-state index in [9.17, 15) is 9.59 Å². The Morgan fingerprint density at radius 2 is 1.78 bits per heavy atom. The van der Waals surface area contributed by atoms with E-state index in [2.05, 4.69) is 10.6 Å². The summed E-state index contributed by atoms with van der Waals surface area (Å²) in [6.07, 6.45) is 7.39. The standard InChI is InChI=1S/C13H25N3O2/c14-9-4-7-12(17)15-10-8-13(18)16-11-5-2-1-3-6-11/h11H,1-10,14H2,(H,15,17)(H,16,18). The fourth-order valence-corrected chi connectivity index (χ4v) is 2.21. The number of carbonyl (C=O) groups excluding carboxylic acids is 2. The number of amides is 2. The summed E-state index contributed by atoms with van der Waals surface area (Å²) in [4.78, 5) is 22.9. The molecule has 1 aliphatic rings. The molecule has 4 N–H and O–H groups in total. The molecule has 0 aromatic carbocycles. The predicted molar refractivity (Wildman–Crippen MR) is 70.9 cm³/mol. The topological polar surface area (TPSA) is 84.2 Å². The molecule has 104 valence electrons. The lowest BCUT2D eigenvalue weighted by atomic mass is 9.95. The highest BCUT2D eigenvalue weighted by Gasteiger charge is 2.15. The Morgan fingerprint density at radius 1 is 1.06 bits per heavy atom. The predicted octanol–water partition coefficient (Wildman–Crippen LogP) is 0.680. The quantitative estimate of drug-likeness (QED) is 0.625. The minimum Gasteiger partial charge on any atom is -0.356 e. The maximum atomic E-state index is 11.6. The fourth-order valence-electron chi connectivity index (χ4n) is 2.21. The molecule has 5 heteroatoms. The van der Waals surface area contributed by atoms with Crippen LogP contribution < -0.4 is 16.4 Å². The van der Waals surface area contributed by atoms with Gasteiger partial charge in [0, 0.05) is 25.4 Å². The molecule has 0 unspecified atom stereocenters. The van der Waals surface area contributed by atoms with Gasteiger partial charge in [-0.1, -0.05) is 19.3 Å². The summed E-state index contributed by atoms with van der Waals surface area (Å²) >= 11 is 0. The molecule has 0 heterocycles. The Bertz CT molecular complexity index is 263. The van der Waals surface area contributed by atoms with Gasteiger partial charge in [0.1, 0.15) is 0 Å². The van der Waals surface area contributed by atoms with E-state index in [1.54, 1.807) is 0 Å². The number of rotatable bonds is 7. The molecule has 2 amide bonds. The third kappa shape index (κ3) is 6.59. The Balaban J connectivity index is 2.04. The molecular formula is C13H25N3O2. The van der Waals surface area contributed by atoms with Crippen LogP contribution in [0.1, 0.15) is 51.4 Å². The second-order valence-corrected chi connectivity index (χ2v) is 4.89. The summed E-state index contributed by atoms with van der Waals surface area (Å²) in [7, 11) is 0. The lowest BCUT2D eigenvalue weighted by Crippen LogP contribution is -2.38. The number of carbonyl (C=O) groups is 2. The lowest BCUT2D eigenvalue weighted by molar-refractivity contribution is -0.122. The molecule has 5 nitrogen and oxygen atoms in total. The summed E-state index contributed by atoms with van der Waals surface area (Å²) < 4.78 is 0. The van der Waals surface area contributed by atoms with Crippen LogP contribution in [0.4, 0.5) is 0 Å². The maximum Gasteiger partial charge on any atom is 0.221 e. The normalized spacial score (nSPS) is 16.3. The van der Waals surface area contributed by atoms with Gasteiger partial charge in [-0.3, -0.25) is 9.59 Å². The van der Waals surface area contributed by atoms with Crippen molar-refractivity contribution in [3.8, 4) is 0 Å². The Hall–Kier alpha value is -1.10. The van der Waals surface area contributed by atoms with E-state index in [0.717, 1.165) is 12.8 Å². The van der Waals surface area contributed by atoms with E-state index >= 15 is 0 Å². The molecule has 0 atom stereocenters. The molecule has 18 heavy (non-hydrogen) atoms. The monoisotopic (exact) mass is 255 g/mol. The van der Waals surface area contributed by atoms with Crippen molar-refractivity contribution in [2.75, 3.05) is 13.1 Å². The number of nitrogens with two attached hydrogens (primary N) is 1. The summed E-state index contributed by atoms with van der Waals surface area (Å²) in [6, 6.07) is 0.346. The van der Waals surface area contributed by atoms with Crippen molar-refractivity contribution < 1.29 is 9.59 Å². The highest BCUT2D eigenvalue weighted by molar-refractivity contribution is 5.79. The molecule has 0 saturated heterocycles. The zero-order chi connectivity index (χ0) is 13.2. The van der Waals surface area contributed by atoms with Crippen molar-refractivity contribution >= 4 is 11.8 Å². The van der Waals surface area contributed by atoms with E-state index in [-0.39, 0.29) is 11.8 Å². The van der Waals surface area contributed by atoms with Gasteiger partial charge in [-0.15, -0.1) is 0 Å². The Morgan fingerprint density at radius 3 is 2.44 bits per heavy atom. The molecule has 0 aromatic rings. The van der Waals surface area contributed by atoms with Crippen molar-refractivity contribution in [2.24, 2.45) is 5.73 Å². The van der Waals surface area contributed by atoms with E-state index in [0.29, 0.717) is 38.4 Å². The first kappa shape index (κ1) is 15.0. The van der Waals surface area contributed by atoms with Gasteiger partial charge in [0.15, 0.2) is 0 Å². The average molecular weight is 255 g/mol. The van der Waals surface area contributed by atoms with Crippen LogP contribution in [-0.4, -0.2) is 30.9 Å².